The summed E-state index contributed by atoms with van der Waals surface area (Å²) in [4.78, 5) is 23.6. The predicted molar refractivity (Wildman–Crippen MR) is 101 cm³/mol. The van der Waals surface area contributed by atoms with E-state index in [1.165, 1.54) is 0 Å². The SMILES string of the molecule is CCc1nc2c(C)cc(C)nc2n1Cc1ccc2[nH]c(C(=O)O)cc2c1. The number of aromatic amines is 1. The van der Waals surface area contributed by atoms with Crippen LogP contribution in [-0.4, -0.2) is 30.6 Å². The maximum atomic E-state index is 11.2. The van der Waals surface area contributed by atoms with Crippen LogP contribution in [0.15, 0.2) is 30.3 Å². The molecule has 3 heterocycles. The summed E-state index contributed by atoms with van der Waals surface area (Å²) < 4.78 is 2.15. The number of aromatic nitrogens is 4. The monoisotopic (exact) mass is 348 g/mol. The molecule has 0 saturated heterocycles. The third-order valence-corrected chi connectivity index (χ3v) is 4.67. The average Bonchev–Trinajstić information content (AvgIpc) is 3.17. The molecule has 3 aromatic heterocycles. The van der Waals surface area contributed by atoms with Gasteiger partial charge in [0.15, 0.2) is 5.65 Å². The molecule has 132 valence electrons. The molecule has 0 aliphatic heterocycles. The normalized spacial score (nSPS) is 11.5. The first kappa shape index (κ1) is 16.3. The summed E-state index contributed by atoms with van der Waals surface area (Å²) in [5, 5.41) is 10.0. The molecule has 26 heavy (non-hydrogen) atoms. The minimum absolute atomic E-state index is 0.201. The van der Waals surface area contributed by atoms with Gasteiger partial charge in [-0.15, -0.1) is 0 Å². The van der Waals surface area contributed by atoms with Gasteiger partial charge in [0.05, 0.1) is 6.54 Å². The van der Waals surface area contributed by atoms with Gasteiger partial charge < -0.3 is 14.7 Å². The van der Waals surface area contributed by atoms with E-state index in [-0.39, 0.29) is 5.69 Å². The van der Waals surface area contributed by atoms with Crippen LogP contribution in [0.3, 0.4) is 0 Å². The van der Waals surface area contributed by atoms with Crippen molar-refractivity contribution >= 4 is 28.0 Å². The Bertz CT molecular complexity index is 1150. The minimum Gasteiger partial charge on any atom is -0.477 e. The topological polar surface area (TPSA) is 83.8 Å². The van der Waals surface area contributed by atoms with Crippen molar-refractivity contribution in [2.45, 2.75) is 33.7 Å². The van der Waals surface area contributed by atoms with E-state index >= 15 is 0 Å². The highest BCUT2D eigenvalue weighted by Gasteiger charge is 2.14. The number of carboxylic acids is 1. The average molecular weight is 348 g/mol. The molecule has 1 aromatic carbocycles. The zero-order chi connectivity index (χ0) is 18.4. The van der Waals surface area contributed by atoms with Crippen molar-refractivity contribution in [1.82, 2.24) is 19.5 Å². The fourth-order valence-corrected chi connectivity index (χ4v) is 3.46. The number of imidazole rings is 1. The Labute approximate surface area is 150 Å². The van der Waals surface area contributed by atoms with Gasteiger partial charge >= 0.3 is 5.97 Å². The van der Waals surface area contributed by atoms with Gasteiger partial charge in [-0.1, -0.05) is 13.0 Å². The number of aryl methyl sites for hydroxylation is 3. The van der Waals surface area contributed by atoms with Crippen molar-refractivity contribution in [3.8, 4) is 0 Å². The molecular formula is C20H20N4O2. The molecule has 0 unspecified atom stereocenters. The molecule has 0 aliphatic carbocycles. The fraction of sp³-hybridized carbons (Fsp3) is 0.250. The van der Waals surface area contributed by atoms with Crippen molar-refractivity contribution in [1.29, 1.82) is 0 Å². The number of hydrogen-bond acceptors (Lipinski definition) is 3. The Morgan fingerprint density at radius 3 is 2.73 bits per heavy atom. The summed E-state index contributed by atoms with van der Waals surface area (Å²) in [5.74, 6) is 0.0494. The largest absolute Gasteiger partial charge is 0.477 e. The molecule has 2 N–H and O–H groups in total. The van der Waals surface area contributed by atoms with E-state index in [2.05, 4.69) is 29.5 Å². The molecule has 0 atom stereocenters. The number of carboxylic acid groups (broad SMARTS) is 1. The number of benzene rings is 1. The van der Waals surface area contributed by atoms with Crippen LogP contribution < -0.4 is 0 Å². The summed E-state index contributed by atoms with van der Waals surface area (Å²) in [6.07, 6.45) is 0.824. The predicted octanol–water partition coefficient (Wildman–Crippen LogP) is 3.84. The molecule has 0 amide bonds. The Hall–Kier alpha value is -3.15. The first-order chi connectivity index (χ1) is 12.5. The van der Waals surface area contributed by atoms with Gasteiger partial charge in [0.2, 0.25) is 0 Å². The number of nitrogens with zero attached hydrogens (tertiary/aromatic N) is 3. The number of nitrogens with one attached hydrogen (secondary N) is 1. The van der Waals surface area contributed by atoms with Crippen LogP contribution in [0.1, 0.15) is 40.1 Å². The van der Waals surface area contributed by atoms with Crippen molar-refractivity contribution in [3.63, 3.8) is 0 Å². The molecular weight excluding hydrogens is 328 g/mol. The Kier molecular flexibility index (Phi) is 3.76. The van der Waals surface area contributed by atoms with Gasteiger partial charge in [-0.05, 0) is 49.2 Å². The summed E-state index contributed by atoms with van der Waals surface area (Å²) in [6, 6.07) is 9.68. The Morgan fingerprint density at radius 1 is 1.19 bits per heavy atom. The lowest BCUT2D eigenvalue weighted by atomic mass is 10.1. The van der Waals surface area contributed by atoms with Crippen molar-refractivity contribution in [3.05, 3.63) is 58.7 Å². The van der Waals surface area contributed by atoms with Crippen molar-refractivity contribution < 1.29 is 9.90 Å². The highest BCUT2D eigenvalue weighted by atomic mass is 16.4. The molecule has 6 heteroatoms. The Balaban J connectivity index is 1.81. The number of rotatable bonds is 4. The van der Waals surface area contributed by atoms with Crippen LogP contribution in [0.5, 0.6) is 0 Å². The first-order valence-corrected chi connectivity index (χ1v) is 8.64. The lowest BCUT2D eigenvalue weighted by Gasteiger charge is -2.09. The van der Waals surface area contributed by atoms with Gasteiger partial charge in [0.1, 0.15) is 17.0 Å². The summed E-state index contributed by atoms with van der Waals surface area (Å²) in [7, 11) is 0. The van der Waals surface area contributed by atoms with E-state index in [9.17, 15) is 4.79 Å². The minimum atomic E-state index is -0.952. The fourth-order valence-electron chi connectivity index (χ4n) is 3.46. The van der Waals surface area contributed by atoms with Crippen LogP contribution in [0.25, 0.3) is 22.1 Å². The zero-order valence-electron chi connectivity index (χ0n) is 15.0. The van der Waals surface area contributed by atoms with Crippen LogP contribution in [0.2, 0.25) is 0 Å². The molecule has 0 aliphatic rings. The van der Waals surface area contributed by atoms with Crippen molar-refractivity contribution in [2.75, 3.05) is 0 Å². The summed E-state index contributed by atoms with van der Waals surface area (Å²) in [6.45, 7) is 6.80. The second-order valence-corrected chi connectivity index (χ2v) is 6.63. The number of pyridine rings is 1. The van der Waals surface area contributed by atoms with E-state index < -0.39 is 5.97 Å². The lowest BCUT2D eigenvalue weighted by Crippen LogP contribution is -2.05. The van der Waals surface area contributed by atoms with Crippen LogP contribution in [0.4, 0.5) is 0 Å². The van der Waals surface area contributed by atoms with E-state index in [0.29, 0.717) is 6.54 Å². The molecule has 0 fully saturated rings. The van der Waals surface area contributed by atoms with E-state index in [0.717, 1.165) is 51.1 Å². The van der Waals surface area contributed by atoms with E-state index in [1.54, 1.807) is 6.07 Å². The van der Waals surface area contributed by atoms with Crippen LogP contribution in [-0.2, 0) is 13.0 Å². The molecule has 0 bridgehead atoms. The molecule has 0 spiro atoms. The first-order valence-electron chi connectivity index (χ1n) is 8.64. The summed E-state index contributed by atoms with van der Waals surface area (Å²) in [5.41, 5.74) is 6.07. The van der Waals surface area contributed by atoms with E-state index in [1.807, 2.05) is 25.1 Å². The molecule has 4 rings (SSSR count). The number of fused-ring (bicyclic) bond motifs is 2. The van der Waals surface area contributed by atoms with Gasteiger partial charge in [-0.2, -0.15) is 0 Å². The number of aromatic carboxylic acids is 1. The summed E-state index contributed by atoms with van der Waals surface area (Å²) >= 11 is 0. The maximum absolute atomic E-state index is 11.2. The highest BCUT2D eigenvalue weighted by Crippen LogP contribution is 2.23. The van der Waals surface area contributed by atoms with Crippen LogP contribution >= 0.6 is 0 Å². The molecule has 0 saturated carbocycles. The van der Waals surface area contributed by atoms with Gasteiger partial charge in [0, 0.05) is 23.0 Å². The second kappa shape index (κ2) is 5.98. The third-order valence-electron chi connectivity index (χ3n) is 4.67. The van der Waals surface area contributed by atoms with Gasteiger partial charge in [0.25, 0.3) is 0 Å². The molecule has 0 radical (unpaired) electrons. The number of H-pyrrole nitrogens is 1. The Morgan fingerprint density at radius 2 is 2.00 bits per heavy atom. The van der Waals surface area contributed by atoms with Crippen molar-refractivity contribution in [2.24, 2.45) is 0 Å². The second-order valence-electron chi connectivity index (χ2n) is 6.63. The third kappa shape index (κ3) is 2.63. The zero-order valence-corrected chi connectivity index (χ0v) is 15.0. The highest BCUT2D eigenvalue weighted by molar-refractivity contribution is 5.93. The standard InChI is InChI=1S/C20H20N4O2/c1-4-17-23-18-11(2)7-12(3)21-19(18)24(17)10-13-5-6-15-14(8-13)9-16(22-15)20(25)26/h5-9,22H,4,10H2,1-3H3,(H,25,26). The van der Waals surface area contributed by atoms with Gasteiger partial charge in [-0.3, -0.25) is 0 Å². The van der Waals surface area contributed by atoms with Gasteiger partial charge in [-0.25, -0.2) is 14.8 Å². The quantitative estimate of drug-likeness (QED) is 0.587. The molecule has 6 nitrogen and oxygen atoms in total. The smallest absolute Gasteiger partial charge is 0.352 e. The van der Waals surface area contributed by atoms with E-state index in [4.69, 9.17) is 15.1 Å². The lowest BCUT2D eigenvalue weighted by molar-refractivity contribution is 0.0691. The maximum Gasteiger partial charge on any atom is 0.352 e. The number of carbonyl (C=O) groups is 1. The van der Waals surface area contributed by atoms with Crippen LogP contribution in [0, 0.1) is 13.8 Å². The number of hydrogen-bond donors (Lipinski definition) is 2. The molecule has 4 aromatic rings.